The van der Waals surface area contributed by atoms with Gasteiger partial charge in [0, 0.05) is 17.8 Å². The first-order valence-corrected chi connectivity index (χ1v) is 8.61. The number of hydrogen-bond acceptors (Lipinski definition) is 2. The standard InChI is InChI=1S/C20H29NO2/c1-20(2,3)16-9-13-18(14-10-16)21-17-11-7-15(8-12-17)5-4-6-19(22)23/h4,6,9-10,13-15,17,21H,5,7-8,11-12H2,1-3H3,(H,22,23)/b6-4+. The molecule has 2 rings (SSSR count). The second-order valence-corrected chi connectivity index (χ2v) is 7.67. The highest BCUT2D eigenvalue weighted by Crippen LogP contribution is 2.30. The van der Waals surface area contributed by atoms with Crippen LogP contribution in [-0.4, -0.2) is 17.1 Å². The number of hydrogen-bond donors (Lipinski definition) is 2. The molecule has 2 N–H and O–H groups in total. The number of aliphatic carboxylic acids is 1. The quantitative estimate of drug-likeness (QED) is 0.753. The highest BCUT2D eigenvalue weighted by atomic mass is 16.4. The summed E-state index contributed by atoms with van der Waals surface area (Å²) in [4.78, 5) is 10.5. The molecule has 1 aromatic rings. The Morgan fingerprint density at radius 2 is 1.78 bits per heavy atom. The monoisotopic (exact) mass is 315 g/mol. The maximum atomic E-state index is 10.5. The van der Waals surface area contributed by atoms with Gasteiger partial charge in [0.05, 0.1) is 0 Å². The number of nitrogens with one attached hydrogen (secondary N) is 1. The largest absolute Gasteiger partial charge is 0.478 e. The molecule has 0 heterocycles. The van der Waals surface area contributed by atoms with Crippen LogP contribution in [0, 0.1) is 5.92 Å². The summed E-state index contributed by atoms with van der Waals surface area (Å²) in [5, 5.41) is 12.3. The molecule has 0 saturated heterocycles. The number of anilines is 1. The number of rotatable bonds is 5. The Kier molecular flexibility index (Phi) is 5.86. The summed E-state index contributed by atoms with van der Waals surface area (Å²) in [6.45, 7) is 6.69. The normalized spacial score (nSPS) is 22.2. The zero-order valence-electron chi connectivity index (χ0n) is 14.5. The topological polar surface area (TPSA) is 49.3 Å². The third-order valence-electron chi connectivity index (χ3n) is 4.70. The first-order valence-electron chi connectivity index (χ1n) is 8.61. The molecule has 1 saturated carbocycles. The molecule has 0 aliphatic heterocycles. The highest BCUT2D eigenvalue weighted by Gasteiger charge is 2.20. The second kappa shape index (κ2) is 7.67. The van der Waals surface area contributed by atoms with E-state index in [-0.39, 0.29) is 5.41 Å². The molecule has 1 aromatic carbocycles. The van der Waals surface area contributed by atoms with E-state index in [1.807, 2.05) is 0 Å². The maximum Gasteiger partial charge on any atom is 0.327 e. The number of allylic oxidation sites excluding steroid dienone is 1. The van der Waals surface area contributed by atoms with Crippen LogP contribution in [0.1, 0.15) is 58.4 Å². The minimum Gasteiger partial charge on any atom is -0.478 e. The summed E-state index contributed by atoms with van der Waals surface area (Å²) in [6.07, 6.45) is 8.61. The molecule has 1 aliphatic carbocycles. The SMILES string of the molecule is CC(C)(C)c1ccc(NC2CCC(C/C=C/C(=O)O)CC2)cc1. The molecular formula is C20H29NO2. The van der Waals surface area contributed by atoms with Crippen molar-refractivity contribution < 1.29 is 9.90 Å². The van der Waals surface area contributed by atoms with Gasteiger partial charge >= 0.3 is 5.97 Å². The zero-order valence-corrected chi connectivity index (χ0v) is 14.5. The van der Waals surface area contributed by atoms with Gasteiger partial charge in [-0.25, -0.2) is 4.79 Å². The summed E-state index contributed by atoms with van der Waals surface area (Å²) in [6, 6.07) is 9.33. The van der Waals surface area contributed by atoms with Crippen molar-refractivity contribution >= 4 is 11.7 Å². The Balaban J connectivity index is 1.79. The van der Waals surface area contributed by atoms with E-state index in [1.165, 1.54) is 30.2 Å². The number of carboxylic acid groups (broad SMARTS) is 1. The molecule has 0 atom stereocenters. The second-order valence-electron chi connectivity index (χ2n) is 7.67. The highest BCUT2D eigenvalue weighted by molar-refractivity contribution is 5.79. The minimum absolute atomic E-state index is 0.195. The zero-order chi connectivity index (χ0) is 16.9. The van der Waals surface area contributed by atoms with E-state index < -0.39 is 5.97 Å². The summed E-state index contributed by atoms with van der Waals surface area (Å²) < 4.78 is 0. The lowest BCUT2D eigenvalue weighted by molar-refractivity contribution is -0.131. The van der Waals surface area contributed by atoms with E-state index in [4.69, 9.17) is 5.11 Å². The summed E-state index contributed by atoms with van der Waals surface area (Å²) in [5.74, 6) is -0.217. The van der Waals surface area contributed by atoms with Crippen LogP contribution in [0.4, 0.5) is 5.69 Å². The molecule has 1 aliphatic rings. The molecule has 3 heteroatoms. The minimum atomic E-state index is -0.848. The van der Waals surface area contributed by atoms with Crippen molar-refractivity contribution in [3.8, 4) is 0 Å². The Bertz CT molecular complexity index is 532. The predicted octanol–water partition coefficient (Wildman–Crippen LogP) is 4.99. The summed E-state index contributed by atoms with van der Waals surface area (Å²) in [5.41, 5.74) is 2.75. The van der Waals surface area contributed by atoms with Crippen LogP contribution in [0.3, 0.4) is 0 Å². The van der Waals surface area contributed by atoms with Crippen molar-refractivity contribution in [2.75, 3.05) is 5.32 Å². The summed E-state index contributed by atoms with van der Waals surface area (Å²) in [7, 11) is 0. The summed E-state index contributed by atoms with van der Waals surface area (Å²) >= 11 is 0. The fraction of sp³-hybridized carbons (Fsp3) is 0.550. The lowest BCUT2D eigenvalue weighted by Gasteiger charge is -2.29. The first kappa shape index (κ1) is 17.6. The lowest BCUT2D eigenvalue weighted by Crippen LogP contribution is -2.26. The molecule has 0 bridgehead atoms. The van der Waals surface area contributed by atoms with Gasteiger partial charge in [0.25, 0.3) is 0 Å². The Hall–Kier alpha value is -1.77. The van der Waals surface area contributed by atoms with Crippen molar-refractivity contribution in [2.24, 2.45) is 5.92 Å². The Morgan fingerprint density at radius 1 is 1.17 bits per heavy atom. The van der Waals surface area contributed by atoms with Crippen LogP contribution >= 0.6 is 0 Å². The van der Waals surface area contributed by atoms with Gasteiger partial charge in [0.1, 0.15) is 0 Å². The average Bonchev–Trinajstić information content (AvgIpc) is 2.48. The number of carboxylic acids is 1. The molecule has 1 fully saturated rings. The van der Waals surface area contributed by atoms with E-state index in [9.17, 15) is 4.79 Å². The lowest BCUT2D eigenvalue weighted by atomic mass is 9.84. The number of benzene rings is 1. The van der Waals surface area contributed by atoms with E-state index in [0.717, 1.165) is 19.3 Å². The third-order valence-corrected chi connectivity index (χ3v) is 4.70. The Morgan fingerprint density at radius 3 is 2.30 bits per heavy atom. The van der Waals surface area contributed by atoms with Gasteiger partial charge in [-0.05, 0) is 61.1 Å². The van der Waals surface area contributed by atoms with Gasteiger partial charge in [-0.15, -0.1) is 0 Å². The first-order chi connectivity index (χ1) is 10.8. The van der Waals surface area contributed by atoms with E-state index in [1.54, 1.807) is 6.08 Å². The van der Waals surface area contributed by atoms with Gasteiger partial charge < -0.3 is 10.4 Å². The van der Waals surface area contributed by atoms with Gasteiger partial charge in [-0.3, -0.25) is 0 Å². The average molecular weight is 315 g/mol. The Labute approximate surface area is 139 Å². The molecule has 0 amide bonds. The fourth-order valence-corrected chi connectivity index (χ4v) is 3.21. The molecule has 0 radical (unpaired) electrons. The molecule has 23 heavy (non-hydrogen) atoms. The van der Waals surface area contributed by atoms with Crippen molar-refractivity contribution in [1.29, 1.82) is 0 Å². The van der Waals surface area contributed by atoms with Crippen LogP contribution in [0.15, 0.2) is 36.4 Å². The predicted molar refractivity (Wildman–Crippen MR) is 95.9 cm³/mol. The van der Waals surface area contributed by atoms with Crippen molar-refractivity contribution in [2.45, 2.75) is 64.3 Å². The molecule has 126 valence electrons. The van der Waals surface area contributed by atoms with Gasteiger partial charge in [0.2, 0.25) is 0 Å². The van der Waals surface area contributed by atoms with Crippen LogP contribution in [-0.2, 0) is 10.2 Å². The van der Waals surface area contributed by atoms with Crippen LogP contribution in [0.5, 0.6) is 0 Å². The van der Waals surface area contributed by atoms with E-state index in [0.29, 0.717) is 12.0 Å². The molecular weight excluding hydrogens is 286 g/mol. The number of carbonyl (C=O) groups is 1. The van der Waals surface area contributed by atoms with Gasteiger partial charge in [-0.1, -0.05) is 39.0 Å². The third kappa shape index (κ3) is 5.74. The fourth-order valence-electron chi connectivity index (χ4n) is 3.21. The maximum absolute atomic E-state index is 10.5. The van der Waals surface area contributed by atoms with Gasteiger partial charge in [0.15, 0.2) is 0 Å². The van der Waals surface area contributed by atoms with Crippen LogP contribution in [0.2, 0.25) is 0 Å². The van der Waals surface area contributed by atoms with Crippen molar-refractivity contribution in [1.82, 2.24) is 0 Å². The van der Waals surface area contributed by atoms with Crippen molar-refractivity contribution in [3.63, 3.8) is 0 Å². The van der Waals surface area contributed by atoms with E-state index in [2.05, 4.69) is 50.4 Å². The van der Waals surface area contributed by atoms with E-state index >= 15 is 0 Å². The smallest absolute Gasteiger partial charge is 0.327 e. The molecule has 0 unspecified atom stereocenters. The van der Waals surface area contributed by atoms with Crippen molar-refractivity contribution in [3.05, 3.63) is 42.0 Å². The molecule has 0 spiro atoms. The van der Waals surface area contributed by atoms with Gasteiger partial charge in [-0.2, -0.15) is 0 Å². The molecule has 3 nitrogen and oxygen atoms in total. The van der Waals surface area contributed by atoms with Crippen LogP contribution < -0.4 is 5.32 Å². The molecule has 0 aromatic heterocycles. The van der Waals surface area contributed by atoms with Crippen LogP contribution in [0.25, 0.3) is 0 Å².